The third kappa shape index (κ3) is 4.58. The van der Waals surface area contributed by atoms with Gasteiger partial charge in [-0.1, -0.05) is 44.0 Å². The SMILES string of the molecule is COc1ccc(Br)cc1CN(C)C(=O)Cc1ccc(Br)cc1. The van der Waals surface area contributed by atoms with Crippen LogP contribution in [0.15, 0.2) is 51.4 Å². The van der Waals surface area contributed by atoms with E-state index in [4.69, 9.17) is 4.74 Å². The minimum atomic E-state index is 0.0735. The van der Waals surface area contributed by atoms with Crippen LogP contribution in [-0.2, 0) is 17.8 Å². The maximum atomic E-state index is 12.3. The number of rotatable bonds is 5. The zero-order valence-electron chi connectivity index (χ0n) is 12.5. The van der Waals surface area contributed by atoms with Crippen molar-refractivity contribution >= 4 is 37.8 Å². The van der Waals surface area contributed by atoms with Crippen molar-refractivity contribution < 1.29 is 9.53 Å². The molecule has 5 heteroatoms. The first-order valence-electron chi connectivity index (χ1n) is 6.80. The van der Waals surface area contributed by atoms with Crippen molar-refractivity contribution in [2.75, 3.05) is 14.2 Å². The van der Waals surface area contributed by atoms with Gasteiger partial charge in [-0.3, -0.25) is 4.79 Å². The van der Waals surface area contributed by atoms with Crippen molar-refractivity contribution in [2.45, 2.75) is 13.0 Å². The lowest BCUT2D eigenvalue weighted by atomic mass is 10.1. The number of halogens is 2. The van der Waals surface area contributed by atoms with Gasteiger partial charge in [-0.25, -0.2) is 0 Å². The van der Waals surface area contributed by atoms with E-state index in [9.17, 15) is 4.79 Å². The van der Waals surface area contributed by atoms with Gasteiger partial charge in [0.25, 0.3) is 0 Å². The summed E-state index contributed by atoms with van der Waals surface area (Å²) < 4.78 is 7.33. The standard InChI is InChI=1S/C17H17Br2NO2/c1-20(11-13-10-15(19)7-8-16(13)22-2)17(21)9-12-3-5-14(18)6-4-12/h3-8,10H,9,11H2,1-2H3. The molecule has 0 aliphatic carbocycles. The highest BCUT2D eigenvalue weighted by molar-refractivity contribution is 9.10. The molecule has 0 saturated carbocycles. The van der Waals surface area contributed by atoms with Crippen LogP contribution in [-0.4, -0.2) is 25.0 Å². The summed E-state index contributed by atoms with van der Waals surface area (Å²) >= 11 is 6.84. The van der Waals surface area contributed by atoms with Gasteiger partial charge >= 0.3 is 0 Å². The van der Waals surface area contributed by atoms with Crippen molar-refractivity contribution in [2.24, 2.45) is 0 Å². The Balaban J connectivity index is 2.05. The smallest absolute Gasteiger partial charge is 0.227 e. The Kier molecular flexibility index (Phi) is 6.03. The molecule has 0 fully saturated rings. The Hall–Kier alpha value is -1.33. The predicted molar refractivity (Wildman–Crippen MR) is 95.0 cm³/mol. The van der Waals surface area contributed by atoms with Crippen molar-refractivity contribution in [1.29, 1.82) is 0 Å². The molecule has 2 aromatic rings. The van der Waals surface area contributed by atoms with Gasteiger partial charge in [0.15, 0.2) is 0 Å². The summed E-state index contributed by atoms with van der Waals surface area (Å²) in [5.74, 6) is 0.857. The molecule has 0 bridgehead atoms. The molecule has 0 spiro atoms. The first-order valence-corrected chi connectivity index (χ1v) is 8.39. The van der Waals surface area contributed by atoms with Gasteiger partial charge in [-0.15, -0.1) is 0 Å². The zero-order valence-corrected chi connectivity index (χ0v) is 15.6. The summed E-state index contributed by atoms with van der Waals surface area (Å²) in [6.45, 7) is 0.512. The molecule has 0 atom stereocenters. The highest BCUT2D eigenvalue weighted by Gasteiger charge is 2.13. The van der Waals surface area contributed by atoms with Crippen LogP contribution in [0.1, 0.15) is 11.1 Å². The predicted octanol–water partition coefficient (Wildman–Crippen LogP) is 4.42. The average molecular weight is 427 g/mol. The molecule has 0 aliphatic heterocycles. The number of methoxy groups -OCH3 is 1. The highest BCUT2D eigenvalue weighted by atomic mass is 79.9. The molecule has 22 heavy (non-hydrogen) atoms. The fraction of sp³-hybridized carbons (Fsp3) is 0.235. The van der Waals surface area contributed by atoms with Crippen molar-refractivity contribution in [1.82, 2.24) is 4.90 Å². The number of hydrogen-bond donors (Lipinski definition) is 0. The molecule has 2 aromatic carbocycles. The van der Waals surface area contributed by atoms with Gasteiger partial charge in [0.1, 0.15) is 5.75 Å². The van der Waals surface area contributed by atoms with Gasteiger partial charge in [-0.2, -0.15) is 0 Å². The third-order valence-electron chi connectivity index (χ3n) is 3.34. The Morgan fingerprint density at radius 1 is 1.09 bits per heavy atom. The maximum absolute atomic E-state index is 12.3. The Morgan fingerprint density at radius 2 is 1.73 bits per heavy atom. The second-order valence-corrected chi connectivity index (χ2v) is 6.84. The largest absolute Gasteiger partial charge is 0.496 e. The summed E-state index contributed by atoms with van der Waals surface area (Å²) in [6, 6.07) is 13.6. The number of likely N-dealkylation sites (N-methyl/N-ethyl adjacent to an activating group) is 1. The summed E-state index contributed by atoms with van der Waals surface area (Å²) in [4.78, 5) is 14.1. The Labute approximate surface area is 147 Å². The number of nitrogens with zero attached hydrogens (tertiary/aromatic N) is 1. The van der Waals surface area contributed by atoms with Gasteiger partial charge in [0.2, 0.25) is 5.91 Å². The minimum absolute atomic E-state index is 0.0735. The fourth-order valence-corrected chi connectivity index (χ4v) is 2.80. The van der Waals surface area contributed by atoms with Crippen molar-refractivity contribution in [3.63, 3.8) is 0 Å². The molecule has 116 valence electrons. The first kappa shape index (κ1) is 17.0. The molecular formula is C17H17Br2NO2. The number of benzene rings is 2. The van der Waals surface area contributed by atoms with E-state index in [2.05, 4.69) is 31.9 Å². The van der Waals surface area contributed by atoms with Gasteiger partial charge in [0.05, 0.1) is 13.5 Å². The summed E-state index contributed by atoms with van der Waals surface area (Å²) in [5, 5.41) is 0. The van der Waals surface area contributed by atoms with Crippen LogP contribution in [0.3, 0.4) is 0 Å². The summed E-state index contributed by atoms with van der Waals surface area (Å²) in [6.07, 6.45) is 0.389. The highest BCUT2D eigenvalue weighted by Crippen LogP contribution is 2.24. The van der Waals surface area contributed by atoms with Crippen molar-refractivity contribution in [3.05, 3.63) is 62.5 Å². The normalized spacial score (nSPS) is 10.4. The second kappa shape index (κ2) is 7.79. The van der Waals surface area contributed by atoms with E-state index < -0.39 is 0 Å². The molecule has 0 saturated heterocycles. The molecule has 0 N–H and O–H groups in total. The summed E-state index contributed by atoms with van der Waals surface area (Å²) in [5.41, 5.74) is 1.98. The zero-order chi connectivity index (χ0) is 16.1. The number of carbonyl (C=O) groups is 1. The van der Waals surface area contributed by atoms with E-state index in [1.54, 1.807) is 12.0 Å². The van der Waals surface area contributed by atoms with E-state index in [0.29, 0.717) is 13.0 Å². The van der Waals surface area contributed by atoms with E-state index in [0.717, 1.165) is 25.8 Å². The number of ether oxygens (including phenoxy) is 1. The van der Waals surface area contributed by atoms with Crippen LogP contribution in [0.2, 0.25) is 0 Å². The van der Waals surface area contributed by atoms with Crippen LogP contribution in [0.4, 0.5) is 0 Å². The minimum Gasteiger partial charge on any atom is -0.496 e. The molecule has 0 unspecified atom stereocenters. The molecule has 2 rings (SSSR count). The fourth-order valence-electron chi connectivity index (χ4n) is 2.13. The van der Waals surface area contributed by atoms with E-state index in [1.165, 1.54) is 0 Å². The Bertz CT molecular complexity index is 656. The topological polar surface area (TPSA) is 29.5 Å². The van der Waals surface area contributed by atoms with Crippen molar-refractivity contribution in [3.8, 4) is 5.75 Å². The molecule has 0 aromatic heterocycles. The van der Waals surface area contributed by atoms with E-state index in [-0.39, 0.29) is 5.91 Å². The lowest BCUT2D eigenvalue weighted by molar-refractivity contribution is -0.129. The lowest BCUT2D eigenvalue weighted by Gasteiger charge is -2.19. The quantitative estimate of drug-likeness (QED) is 0.708. The monoisotopic (exact) mass is 425 g/mol. The average Bonchev–Trinajstić information content (AvgIpc) is 2.49. The third-order valence-corrected chi connectivity index (χ3v) is 4.37. The number of carbonyl (C=O) groups excluding carboxylic acids is 1. The van der Waals surface area contributed by atoms with Crippen LogP contribution >= 0.6 is 31.9 Å². The van der Waals surface area contributed by atoms with Crippen LogP contribution < -0.4 is 4.74 Å². The first-order chi connectivity index (χ1) is 10.5. The second-order valence-electron chi connectivity index (χ2n) is 5.01. The molecule has 1 amide bonds. The molecule has 0 radical (unpaired) electrons. The van der Waals surface area contributed by atoms with Crippen LogP contribution in [0.5, 0.6) is 5.75 Å². The molecule has 0 aliphatic rings. The van der Waals surface area contributed by atoms with E-state index >= 15 is 0 Å². The molecular weight excluding hydrogens is 410 g/mol. The summed E-state index contributed by atoms with van der Waals surface area (Å²) in [7, 11) is 3.44. The van der Waals surface area contributed by atoms with Gasteiger partial charge in [-0.05, 0) is 35.9 Å². The lowest BCUT2D eigenvalue weighted by Crippen LogP contribution is -2.27. The van der Waals surface area contributed by atoms with Crippen LogP contribution in [0.25, 0.3) is 0 Å². The van der Waals surface area contributed by atoms with Gasteiger partial charge in [0, 0.05) is 28.1 Å². The molecule has 0 heterocycles. The Morgan fingerprint density at radius 3 is 2.36 bits per heavy atom. The van der Waals surface area contributed by atoms with Crippen LogP contribution in [0, 0.1) is 0 Å². The van der Waals surface area contributed by atoms with E-state index in [1.807, 2.05) is 49.5 Å². The maximum Gasteiger partial charge on any atom is 0.227 e. The van der Waals surface area contributed by atoms with Gasteiger partial charge < -0.3 is 9.64 Å². The number of hydrogen-bond acceptors (Lipinski definition) is 2. The molecule has 3 nitrogen and oxygen atoms in total. The number of amides is 1.